The third-order valence-electron chi connectivity index (χ3n) is 2.18. The van der Waals surface area contributed by atoms with Gasteiger partial charge in [-0.25, -0.2) is 4.68 Å². The summed E-state index contributed by atoms with van der Waals surface area (Å²) in [5, 5.41) is 7.56. The Labute approximate surface area is 83.4 Å². The SMILES string of the molecule is CC(C)c1cccc(-n2c[c]nn2)c1. The zero-order chi connectivity index (χ0) is 9.97. The second-order valence-corrected chi connectivity index (χ2v) is 3.54. The van der Waals surface area contributed by atoms with Gasteiger partial charge in [0.15, 0.2) is 0 Å². The molecular formula is C11H12N3. The molecule has 3 heteroatoms. The van der Waals surface area contributed by atoms with Crippen molar-refractivity contribution in [1.82, 2.24) is 15.0 Å². The van der Waals surface area contributed by atoms with Crippen molar-refractivity contribution in [2.45, 2.75) is 19.8 Å². The first-order valence-corrected chi connectivity index (χ1v) is 4.66. The highest BCUT2D eigenvalue weighted by Gasteiger charge is 2.01. The maximum atomic E-state index is 3.90. The number of aromatic nitrogens is 3. The first kappa shape index (κ1) is 8.94. The lowest BCUT2D eigenvalue weighted by atomic mass is 10.0. The Hall–Kier alpha value is -1.64. The molecule has 2 aromatic rings. The van der Waals surface area contributed by atoms with E-state index in [-0.39, 0.29) is 0 Å². The molecule has 1 aromatic carbocycles. The molecule has 1 aromatic heterocycles. The minimum absolute atomic E-state index is 0.530. The molecule has 0 bridgehead atoms. The molecule has 2 rings (SSSR count). The molecule has 14 heavy (non-hydrogen) atoms. The van der Waals surface area contributed by atoms with Crippen LogP contribution in [0.5, 0.6) is 0 Å². The van der Waals surface area contributed by atoms with Crippen molar-refractivity contribution in [2.75, 3.05) is 0 Å². The largest absolute Gasteiger partial charge is 0.220 e. The smallest absolute Gasteiger partial charge is 0.135 e. The fourth-order valence-electron chi connectivity index (χ4n) is 1.33. The summed E-state index contributed by atoms with van der Waals surface area (Å²) in [6.45, 7) is 4.35. The highest BCUT2D eigenvalue weighted by Crippen LogP contribution is 2.16. The van der Waals surface area contributed by atoms with Crippen molar-refractivity contribution in [1.29, 1.82) is 0 Å². The predicted molar refractivity (Wildman–Crippen MR) is 54.3 cm³/mol. The molecule has 0 saturated heterocycles. The molecule has 1 radical (unpaired) electrons. The molecule has 0 N–H and O–H groups in total. The van der Waals surface area contributed by atoms with Crippen LogP contribution >= 0.6 is 0 Å². The molecule has 0 unspecified atom stereocenters. The van der Waals surface area contributed by atoms with E-state index in [1.807, 2.05) is 12.1 Å². The predicted octanol–water partition coefficient (Wildman–Crippen LogP) is 2.19. The minimum Gasteiger partial charge on any atom is -0.220 e. The second kappa shape index (κ2) is 3.62. The molecule has 0 amide bonds. The maximum absolute atomic E-state index is 3.90. The summed E-state index contributed by atoms with van der Waals surface area (Å²) in [7, 11) is 0. The van der Waals surface area contributed by atoms with Crippen LogP contribution in [0.15, 0.2) is 30.5 Å². The van der Waals surface area contributed by atoms with Crippen LogP contribution in [0.25, 0.3) is 5.69 Å². The molecule has 0 spiro atoms. The lowest BCUT2D eigenvalue weighted by Gasteiger charge is -2.07. The van der Waals surface area contributed by atoms with Gasteiger partial charge < -0.3 is 0 Å². The van der Waals surface area contributed by atoms with Crippen LogP contribution in [0.3, 0.4) is 0 Å². The number of benzene rings is 1. The first-order chi connectivity index (χ1) is 6.77. The van der Waals surface area contributed by atoms with E-state index in [4.69, 9.17) is 0 Å². The molecule has 0 aliphatic heterocycles. The Balaban J connectivity index is 2.41. The van der Waals surface area contributed by atoms with E-state index >= 15 is 0 Å². The van der Waals surface area contributed by atoms with Gasteiger partial charge in [-0.1, -0.05) is 31.2 Å². The highest BCUT2D eigenvalue weighted by atomic mass is 15.4. The van der Waals surface area contributed by atoms with E-state index in [0.717, 1.165) is 5.69 Å². The van der Waals surface area contributed by atoms with Crippen LogP contribution in [-0.4, -0.2) is 15.0 Å². The number of hydrogen-bond donors (Lipinski definition) is 0. The summed E-state index contributed by atoms with van der Waals surface area (Å²) in [4.78, 5) is 0. The van der Waals surface area contributed by atoms with Crippen molar-refractivity contribution >= 4 is 0 Å². The normalized spacial score (nSPS) is 10.8. The fraction of sp³-hybridized carbons (Fsp3) is 0.273. The quantitative estimate of drug-likeness (QED) is 0.719. The zero-order valence-electron chi connectivity index (χ0n) is 8.31. The van der Waals surface area contributed by atoms with Crippen molar-refractivity contribution in [3.8, 4) is 5.69 Å². The molecule has 71 valence electrons. The standard InChI is InChI=1S/C11H12N3/c1-9(2)10-4-3-5-11(8-10)14-7-6-12-13-14/h3-5,7-9H,1-2H3. The van der Waals surface area contributed by atoms with Gasteiger partial charge in [-0.15, -0.1) is 5.10 Å². The Morgan fingerprint density at radius 2 is 2.21 bits per heavy atom. The first-order valence-electron chi connectivity index (χ1n) is 4.66. The third kappa shape index (κ3) is 1.66. The van der Waals surface area contributed by atoms with Crippen LogP contribution in [0.2, 0.25) is 0 Å². The zero-order valence-corrected chi connectivity index (χ0v) is 8.31. The summed E-state index contributed by atoms with van der Waals surface area (Å²) >= 11 is 0. The molecule has 0 saturated carbocycles. The summed E-state index contributed by atoms with van der Waals surface area (Å²) < 4.78 is 1.71. The molecule has 0 aliphatic carbocycles. The lowest BCUT2D eigenvalue weighted by molar-refractivity contribution is 0.795. The van der Waals surface area contributed by atoms with E-state index in [1.54, 1.807) is 10.9 Å². The average Bonchev–Trinajstić information content (AvgIpc) is 2.71. The Kier molecular flexibility index (Phi) is 2.31. The van der Waals surface area contributed by atoms with Crippen molar-refractivity contribution < 1.29 is 0 Å². The van der Waals surface area contributed by atoms with E-state index in [2.05, 4.69) is 42.5 Å². The Morgan fingerprint density at radius 1 is 1.36 bits per heavy atom. The minimum atomic E-state index is 0.530. The van der Waals surface area contributed by atoms with Gasteiger partial charge in [0.25, 0.3) is 0 Å². The number of hydrogen-bond acceptors (Lipinski definition) is 2. The summed E-state index contributed by atoms with van der Waals surface area (Å²) in [5.41, 5.74) is 2.34. The van der Waals surface area contributed by atoms with Gasteiger partial charge >= 0.3 is 0 Å². The maximum Gasteiger partial charge on any atom is 0.135 e. The molecular weight excluding hydrogens is 174 g/mol. The average molecular weight is 186 g/mol. The summed E-state index contributed by atoms with van der Waals surface area (Å²) in [5.74, 6) is 0.530. The van der Waals surface area contributed by atoms with E-state index in [1.165, 1.54) is 5.56 Å². The van der Waals surface area contributed by atoms with Crippen LogP contribution in [0.1, 0.15) is 25.3 Å². The van der Waals surface area contributed by atoms with Gasteiger partial charge in [0.05, 0.1) is 11.9 Å². The van der Waals surface area contributed by atoms with Crippen LogP contribution in [-0.2, 0) is 0 Å². The monoisotopic (exact) mass is 186 g/mol. The van der Waals surface area contributed by atoms with Crippen LogP contribution in [0, 0.1) is 6.20 Å². The van der Waals surface area contributed by atoms with Gasteiger partial charge in [0, 0.05) is 0 Å². The van der Waals surface area contributed by atoms with Crippen LogP contribution in [0.4, 0.5) is 0 Å². The molecule has 0 aliphatic rings. The van der Waals surface area contributed by atoms with Crippen LogP contribution < -0.4 is 0 Å². The summed E-state index contributed by atoms with van der Waals surface area (Å²) in [6.07, 6.45) is 4.40. The number of nitrogens with zero attached hydrogens (tertiary/aromatic N) is 3. The second-order valence-electron chi connectivity index (χ2n) is 3.54. The highest BCUT2D eigenvalue weighted by molar-refractivity contribution is 5.35. The van der Waals surface area contributed by atoms with E-state index in [9.17, 15) is 0 Å². The van der Waals surface area contributed by atoms with E-state index in [0.29, 0.717) is 5.92 Å². The number of rotatable bonds is 2. The van der Waals surface area contributed by atoms with Crippen molar-refractivity contribution in [2.24, 2.45) is 0 Å². The van der Waals surface area contributed by atoms with Gasteiger partial charge in [-0.05, 0) is 23.6 Å². The topological polar surface area (TPSA) is 30.7 Å². The van der Waals surface area contributed by atoms with Gasteiger partial charge in [-0.3, -0.25) is 0 Å². The van der Waals surface area contributed by atoms with Crippen molar-refractivity contribution in [3.63, 3.8) is 0 Å². The van der Waals surface area contributed by atoms with Gasteiger partial charge in [0.2, 0.25) is 0 Å². The molecule has 0 fully saturated rings. The Morgan fingerprint density at radius 3 is 2.86 bits per heavy atom. The molecule has 3 nitrogen and oxygen atoms in total. The van der Waals surface area contributed by atoms with E-state index < -0.39 is 0 Å². The van der Waals surface area contributed by atoms with Gasteiger partial charge in [0.1, 0.15) is 6.20 Å². The van der Waals surface area contributed by atoms with Gasteiger partial charge in [-0.2, -0.15) is 0 Å². The molecule has 1 heterocycles. The molecule has 0 atom stereocenters. The Bertz CT molecular complexity index is 404. The fourth-order valence-corrected chi connectivity index (χ4v) is 1.33. The third-order valence-corrected chi connectivity index (χ3v) is 2.18. The summed E-state index contributed by atoms with van der Waals surface area (Å²) in [6, 6.07) is 8.28. The van der Waals surface area contributed by atoms with Crippen molar-refractivity contribution in [3.05, 3.63) is 42.2 Å². The lowest BCUT2D eigenvalue weighted by Crippen LogP contribution is -1.96.